The topological polar surface area (TPSA) is 154 Å². The van der Waals surface area contributed by atoms with Crippen LogP contribution < -0.4 is 0 Å². The number of phosphoric ester groups is 2. The van der Waals surface area contributed by atoms with Crippen LogP contribution in [0, 0.1) is 0 Å². The van der Waals surface area contributed by atoms with Gasteiger partial charge in [-0.25, -0.2) is 9.13 Å². The van der Waals surface area contributed by atoms with Gasteiger partial charge in [-0.1, -0.05) is 57.1 Å². The third-order valence-corrected chi connectivity index (χ3v) is 5.33. The molecule has 1 unspecified atom stereocenters. The van der Waals surface area contributed by atoms with Gasteiger partial charge in [0.15, 0.2) is 0 Å². The van der Waals surface area contributed by atoms with Gasteiger partial charge in [-0.3, -0.25) is 9.05 Å². The first kappa shape index (κ1) is 28.9. The maximum atomic E-state index is 10.5. The number of hydrogen-bond donors (Lipinski definition) is 5. The zero-order valence-electron chi connectivity index (χ0n) is 17.1. The van der Waals surface area contributed by atoms with E-state index in [-0.39, 0.29) is 19.3 Å². The van der Waals surface area contributed by atoms with Crippen molar-refractivity contribution < 1.29 is 42.9 Å². The van der Waals surface area contributed by atoms with Crippen LogP contribution in [0.1, 0.15) is 83.5 Å². The molecule has 0 radical (unpaired) electrons. The molecular weight excluding hydrogens is 422 g/mol. The molecule has 0 heterocycles. The standard InChI is InChI=1S/C18H38O9P2/c19-18(15-11-7-9-13-17-27-29(23,24)25)14-10-6-4-2-1-3-5-8-12-16-26-28(20,21)22/h6,10,18-19H,1-5,7-9,11-17H2,(H2,20,21,22)(H2,23,24,25)/b10-6+. The SMILES string of the molecule is O=P(O)(O)OCCCCCCCC/C=C/CC(O)CCCCCCOP(=O)(O)O. The van der Waals surface area contributed by atoms with Crippen LogP contribution in [0.5, 0.6) is 0 Å². The molecule has 0 amide bonds. The molecule has 9 nitrogen and oxygen atoms in total. The lowest BCUT2D eigenvalue weighted by Crippen LogP contribution is -2.04. The van der Waals surface area contributed by atoms with Gasteiger partial charge in [0.05, 0.1) is 19.3 Å². The van der Waals surface area contributed by atoms with Crippen molar-refractivity contribution in [2.75, 3.05) is 13.2 Å². The summed E-state index contributed by atoms with van der Waals surface area (Å²) in [5, 5.41) is 9.91. The highest BCUT2D eigenvalue weighted by atomic mass is 31.2. The normalized spacial score (nSPS) is 14.0. The van der Waals surface area contributed by atoms with E-state index in [2.05, 4.69) is 15.1 Å². The largest absolute Gasteiger partial charge is 0.469 e. The molecule has 0 bridgehead atoms. The second-order valence-electron chi connectivity index (χ2n) is 7.12. The number of allylic oxidation sites excluding steroid dienone is 1. The summed E-state index contributed by atoms with van der Waals surface area (Å²) in [6, 6.07) is 0. The number of aliphatic hydroxyl groups excluding tert-OH is 1. The van der Waals surface area contributed by atoms with Crippen molar-refractivity contribution in [2.45, 2.75) is 89.6 Å². The Balaban J connectivity index is 3.35. The Labute approximate surface area is 174 Å². The minimum Gasteiger partial charge on any atom is -0.393 e. The van der Waals surface area contributed by atoms with E-state index in [9.17, 15) is 14.2 Å². The van der Waals surface area contributed by atoms with Crippen LogP contribution in [0.4, 0.5) is 0 Å². The molecule has 0 saturated carbocycles. The summed E-state index contributed by atoms with van der Waals surface area (Å²) in [4.78, 5) is 34.2. The van der Waals surface area contributed by atoms with Crippen LogP contribution in [0.2, 0.25) is 0 Å². The third kappa shape index (κ3) is 25.9. The Bertz CT molecular complexity index is 502. The quantitative estimate of drug-likeness (QED) is 0.102. The molecule has 5 N–H and O–H groups in total. The van der Waals surface area contributed by atoms with Gasteiger partial charge in [-0.15, -0.1) is 0 Å². The molecule has 1 atom stereocenters. The number of rotatable bonds is 20. The summed E-state index contributed by atoms with van der Waals surface area (Å²) in [6.45, 7) is 0.154. The smallest absolute Gasteiger partial charge is 0.393 e. The number of unbranched alkanes of at least 4 members (excludes halogenated alkanes) is 9. The Morgan fingerprint density at radius 1 is 0.655 bits per heavy atom. The summed E-state index contributed by atoms with van der Waals surface area (Å²) in [6.07, 6.45) is 15.2. The van der Waals surface area contributed by atoms with E-state index in [1.165, 1.54) is 0 Å². The first-order valence-corrected chi connectivity index (χ1v) is 13.4. The van der Waals surface area contributed by atoms with Gasteiger partial charge in [-0.2, -0.15) is 0 Å². The Hall–Kier alpha value is -0.0800. The fourth-order valence-electron chi connectivity index (χ4n) is 2.76. The van der Waals surface area contributed by atoms with Gasteiger partial charge < -0.3 is 24.7 Å². The van der Waals surface area contributed by atoms with Crippen molar-refractivity contribution >= 4 is 15.6 Å². The summed E-state index contributed by atoms with van der Waals surface area (Å²) in [5.41, 5.74) is 0. The molecular formula is C18H38O9P2. The van der Waals surface area contributed by atoms with E-state index in [4.69, 9.17) is 19.6 Å². The fourth-order valence-corrected chi connectivity index (χ4v) is 3.50. The average Bonchev–Trinajstić information content (AvgIpc) is 2.60. The van der Waals surface area contributed by atoms with E-state index in [0.29, 0.717) is 19.3 Å². The highest BCUT2D eigenvalue weighted by Crippen LogP contribution is 2.36. The number of phosphoric acid groups is 2. The monoisotopic (exact) mass is 460 g/mol. The van der Waals surface area contributed by atoms with Gasteiger partial charge >= 0.3 is 15.6 Å². The summed E-state index contributed by atoms with van der Waals surface area (Å²) < 4.78 is 29.7. The molecule has 11 heteroatoms. The molecule has 0 fully saturated rings. The lowest BCUT2D eigenvalue weighted by Gasteiger charge is -2.08. The van der Waals surface area contributed by atoms with Gasteiger partial charge in [0.2, 0.25) is 0 Å². The minimum absolute atomic E-state index is 0.0561. The zero-order chi connectivity index (χ0) is 22.0. The Morgan fingerprint density at radius 2 is 1.10 bits per heavy atom. The lowest BCUT2D eigenvalue weighted by atomic mass is 10.1. The molecule has 0 spiro atoms. The first-order valence-electron chi connectivity index (χ1n) is 10.3. The van der Waals surface area contributed by atoms with Gasteiger partial charge in [0.25, 0.3) is 0 Å². The third-order valence-electron chi connectivity index (χ3n) is 4.29. The van der Waals surface area contributed by atoms with Crippen LogP contribution in [0.3, 0.4) is 0 Å². The van der Waals surface area contributed by atoms with Crippen LogP contribution in [0.15, 0.2) is 12.2 Å². The number of hydrogen-bond acceptors (Lipinski definition) is 5. The molecule has 29 heavy (non-hydrogen) atoms. The Morgan fingerprint density at radius 3 is 1.62 bits per heavy atom. The van der Waals surface area contributed by atoms with Gasteiger partial charge in [0, 0.05) is 0 Å². The van der Waals surface area contributed by atoms with E-state index < -0.39 is 15.6 Å². The second kappa shape index (κ2) is 17.6. The van der Waals surface area contributed by atoms with Crippen molar-refractivity contribution in [3.63, 3.8) is 0 Å². The van der Waals surface area contributed by atoms with Crippen molar-refractivity contribution in [2.24, 2.45) is 0 Å². The molecule has 0 rings (SSSR count). The van der Waals surface area contributed by atoms with E-state index in [1.807, 2.05) is 6.08 Å². The fraction of sp³-hybridized carbons (Fsp3) is 0.889. The summed E-state index contributed by atoms with van der Waals surface area (Å²) in [7, 11) is -8.67. The summed E-state index contributed by atoms with van der Waals surface area (Å²) in [5.74, 6) is 0. The van der Waals surface area contributed by atoms with E-state index in [0.717, 1.165) is 64.2 Å². The highest BCUT2D eigenvalue weighted by molar-refractivity contribution is 7.46. The van der Waals surface area contributed by atoms with Gasteiger partial charge in [0.1, 0.15) is 0 Å². The van der Waals surface area contributed by atoms with Crippen LogP contribution >= 0.6 is 15.6 Å². The minimum atomic E-state index is -4.35. The Kier molecular flexibility index (Phi) is 17.5. The maximum Gasteiger partial charge on any atom is 0.469 e. The zero-order valence-corrected chi connectivity index (χ0v) is 18.9. The molecule has 0 aromatic carbocycles. The van der Waals surface area contributed by atoms with Crippen molar-refractivity contribution in [1.82, 2.24) is 0 Å². The molecule has 0 saturated heterocycles. The summed E-state index contributed by atoms with van der Waals surface area (Å²) >= 11 is 0. The van der Waals surface area contributed by atoms with Gasteiger partial charge in [-0.05, 0) is 38.5 Å². The molecule has 174 valence electrons. The average molecular weight is 460 g/mol. The molecule has 0 aliphatic heterocycles. The highest BCUT2D eigenvalue weighted by Gasteiger charge is 2.13. The van der Waals surface area contributed by atoms with Crippen LogP contribution in [0.25, 0.3) is 0 Å². The van der Waals surface area contributed by atoms with Crippen LogP contribution in [-0.2, 0) is 18.2 Å². The second-order valence-corrected chi connectivity index (χ2v) is 9.60. The molecule has 0 aromatic heterocycles. The first-order chi connectivity index (χ1) is 13.6. The number of aliphatic hydroxyl groups is 1. The lowest BCUT2D eigenvalue weighted by molar-refractivity contribution is 0.163. The predicted molar refractivity (Wildman–Crippen MR) is 111 cm³/mol. The van der Waals surface area contributed by atoms with Crippen molar-refractivity contribution in [3.05, 3.63) is 12.2 Å². The van der Waals surface area contributed by atoms with Crippen molar-refractivity contribution in [3.8, 4) is 0 Å². The predicted octanol–water partition coefficient (Wildman–Crippen LogP) is 4.19. The molecule has 0 aromatic rings. The van der Waals surface area contributed by atoms with E-state index >= 15 is 0 Å². The maximum absolute atomic E-state index is 10.5. The van der Waals surface area contributed by atoms with E-state index in [1.54, 1.807) is 0 Å². The molecule has 0 aliphatic rings. The van der Waals surface area contributed by atoms with Crippen molar-refractivity contribution in [1.29, 1.82) is 0 Å². The van der Waals surface area contributed by atoms with Crippen LogP contribution in [-0.4, -0.2) is 44.0 Å². The molecule has 0 aliphatic carbocycles.